The molecular formula is C25H26N2O4S. The number of rotatable bonds is 9. The third-order valence-electron chi connectivity index (χ3n) is 4.91. The molecule has 1 heterocycles. The summed E-state index contributed by atoms with van der Waals surface area (Å²) < 4.78 is 10.3. The molecule has 1 atom stereocenters. The number of carbonyl (C=O) groups is 2. The molecule has 3 rings (SSSR count). The van der Waals surface area contributed by atoms with E-state index in [9.17, 15) is 9.59 Å². The molecule has 2 N–H and O–H groups in total. The molecule has 2 amide bonds. The van der Waals surface area contributed by atoms with Gasteiger partial charge in [0.25, 0.3) is 11.8 Å². The SMILES string of the molecule is CC[C@H](NC(=O)/C(=C/c1cccs1)NC(=O)c1ccc(OC)cc1)c1ccc(OC)cc1. The van der Waals surface area contributed by atoms with Crippen molar-refractivity contribution in [3.63, 3.8) is 0 Å². The molecule has 0 spiro atoms. The van der Waals surface area contributed by atoms with Gasteiger partial charge < -0.3 is 20.1 Å². The summed E-state index contributed by atoms with van der Waals surface area (Å²) in [5, 5.41) is 7.71. The van der Waals surface area contributed by atoms with Gasteiger partial charge in [0.1, 0.15) is 17.2 Å². The maximum atomic E-state index is 13.2. The average Bonchev–Trinajstić information content (AvgIpc) is 3.35. The van der Waals surface area contributed by atoms with Crippen molar-refractivity contribution in [2.24, 2.45) is 0 Å². The van der Waals surface area contributed by atoms with Crippen LogP contribution in [0.3, 0.4) is 0 Å². The Morgan fingerprint density at radius 1 is 0.969 bits per heavy atom. The highest BCUT2D eigenvalue weighted by Gasteiger charge is 2.19. The van der Waals surface area contributed by atoms with Crippen molar-refractivity contribution >= 4 is 29.2 Å². The summed E-state index contributed by atoms with van der Waals surface area (Å²) in [6, 6.07) is 17.8. The van der Waals surface area contributed by atoms with Crippen LogP contribution in [0.15, 0.2) is 71.7 Å². The van der Waals surface area contributed by atoms with Crippen LogP contribution in [-0.4, -0.2) is 26.0 Å². The normalized spacial score (nSPS) is 12.0. The molecule has 0 unspecified atom stereocenters. The standard InChI is InChI=1S/C25H26N2O4S/c1-4-22(17-7-11-19(30-2)12-8-17)26-25(29)23(16-21-6-5-15-32-21)27-24(28)18-9-13-20(31-3)14-10-18/h5-16,22H,4H2,1-3H3,(H,26,29)(H,27,28)/b23-16-/t22-/m0/s1. The van der Waals surface area contributed by atoms with Crippen LogP contribution < -0.4 is 20.1 Å². The van der Waals surface area contributed by atoms with Gasteiger partial charge in [-0.15, -0.1) is 11.3 Å². The molecule has 0 fully saturated rings. The average molecular weight is 451 g/mol. The summed E-state index contributed by atoms with van der Waals surface area (Å²) in [6.07, 6.45) is 2.37. The molecule has 32 heavy (non-hydrogen) atoms. The zero-order chi connectivity index (χ0) is 22.9. The Balaban J connectivity index is 1.80. The molecule has 0 saturated heterocycles. The van der Waals surface area contributed by atoms with Gasteiger partial charge >= 0.3 is 0 Å². The van der Waals surface area contributed by atoms with E-state index < -0.39 is 0 Å². The van der Waals surface area contributed by atoms with Gasteiger partial charge in [0.15, 0.2) is 0 Å². The zero-order valence-corrected chi connectivity index (χ0v) is 19.1. The summed E-state index contributed by atoms with van der Waals surface area (Å²) >= 11 is 1.48. The first-order chi connectivity index (χ1) is 15.5. The molecule has 0 saturated carbocycles. The van der Waals surface area contributed by atoms with Crippen molar-refractivity contribution in [3.05, 3.63) is 87.7 Å². The number of ether oxygens (including phenoxy) is 2. The van der Waals surface area contributed by atoms with Gasteiger partial charge in [-0.3, -0.25) is 9.59 Å². The Kier molecular flexibility index (Phi) is 8.05. The van der Waals surface area contributed by atoms with E-state index in [4.69, 9.17) is 9.47 Å². The van der Waals surface area contributed by atoms with Crippen molar-refractivity contribution in [2.75, 3.05) is 14.2 Å². The van der Waals surface area contributed by atoms with Crippen molar-refractivity contribution in [1.82, 2.24) is 10.6 Å². The number of amides is 2. The largest absolute Gasteiger partial charge is 0.497 e. The van der Waals surface area contributed by atoms with E-state index in [1.165, 1.54) is 11.3 Å². The predicted molar refractivity (Wildman–Crippen MR) is 127 cm³/mol. The smallest absolute Gasteiger partial charge is 0.268 e. The number of benzene rings is 2. The zero-order valence-electron chi connectivity index (χ0n) is 18.3. The Hall–Kier alpha value is -3.58. The second-order valence-corrected chi connectivity index (χ2v) is 7.94. The number of thiophene rings is 1. The number of hydrogen-bond acceptors (Lipinski definition) is 5. The molecule has 0 aliphatic heterocycles. The summed E-state index contributed by atoms with van der Waals surface area (Å²) in [6.45, 7) is 1.99. The van der Waals surface area contributed by atoms with Crippen molar-refractivity contribution < 1.29 is 19.1 Å². The minimum absolute atomic E-state index is 0.181. The fourth-order valence-electron chi connectivity index (χ4n) is 3.10. The maximum Gasteiger partial charge on any atom is 0.268 e. The Morgan fingerprint density at radius 2 is 1.59 bits per heavy atom. The molecule has 2 aromatic carbocycles. The molecule has 3 aromatic rings. The topological polar surface area (TPSA) is 76.7 Å². The van der Waals surface area contributed by atoms with Crippen LogP contribution in [0.25, 0.3) is 6.08 Å². The summed E-state index contributed by atoms with van der Waals surface area (Å²) in [5.74, 6) is 0.671. The molecule has 0 aliphatic carbocycles. The molecule has 7 heteroatoms. The van der Waals surface area contributed by atoms with Gasteiger partial charge in [0.2, 0.25) is 0 Å². The second kappa shape index (κ2) is 11.2. The van der Waals surface area contributed by atoms with Gasteiger partial charge in [-0.1, -0.05) is 25.1 Å². The lowest BCUT2D eigenvalue weighted by Gasteiger charge is -2.19. The first-order valence-corrected chi connectivity index (χ1v) is 11.1. The number of methoxy groups -OCH3 is 2. The fraction of sp³-hybridized carbons (Fsp3) is 0.200. The maximum absolute atomic E-state index is 13.2. The van der Waals surface area contributed by atoms with Gasteiger partial charge in [0.05, 0.1) is 20.3 Å². The lowest BCUT2D eigenvalue weighted by atomic mass is 10.0. The van der Waals surface area contributed by atoms with Crippen LogP contribution in [0.1, 0.15) is 40.2 Å². The molecule has 1 aromatic heterocycles. The lowest BCUT2D eigenvalue weighted by molar-refractivity contribution is -0.118. The molecule has 0 radical (unpaired) electrons. The monoisotopic (exact) mass is 450 g/mol. The Morgan fingerprint density at radius 3 is 2.12 bits per heavy atom. The van der Waals surface area contributed by atoms with Crippen LogP contribution in [-0.2, 0) is 4.79 Å². The highest BCUT2D eigenvalue weighted by Crippen LogP contribution is 2.21. The van der Waals surface area contributed by atoms with Crippen LogP contribution in [0, 0.1) is 0 Å². The molecular weight excluding hydrogens is 424 g/mol. The van der Waals surface area contributed by atoms with E-state index in [1.54, 1.807) is 44.6 Å². The van der Waals surface area contributed by atoms with Gasteiger partial charge in [-0.25, -0.2) is 0 Å². The van der Waals surface area contributed by atoms with Crippen LogP contribution in [0.2, 0.25) is 0 Å². The molecule has 6 nitrogen and oxygen atoms in total. The van der Waals surface area contributed by atoms with Gasteiger partial charge in [-0.2, -0.15) is 0 Å². The van der Waals surface area contributed by atoms with Crippen molar-refractivity contribution in [2.45, 2.75) is 19.4 Å². The van der Waals surface area contributed by atoms with Crippen LogP contribution in [0.5, 0.6) is 11.5 Å². The van der Waals surface area contributed by atoms with Crippen LogP contribution >= 0.6 is 11.3 Å². The molecule has 0 bridgehead atoms. The fourth-order valence-corrected chi connectivity index (χ4v) is 3.76. The second-order valence-electron chi connectivity index (χ2n) is 6.96. The summed E-state index contributed by atoms with van der Waals surface area (Å²) in [5.41, 5.74) is 1.57. The minimum Gasteiger partial charge on any atom is -0.497 e. The van der Waals surface area contributed by atoms with Crippen molar-refractivity contribution in [1.29, 1.82) is 0 Å². The van der Waals surface area contributed by atoms with E-state index >= 15 is 0 Å². The third-order valence-corrected chi connectivity index (χ3v) is 5.73. The highest BCUT2D eigenvalue weighted by atomic mass is 32.1. The first kappa shape index (κ1) is 23.1. The number of carbonyl (C=O) groups excluding carboxylic acids is 2. The highest BCUT2D eigenvalue weighted by molar-refractivity contribution is 7.10. The van der Waals surface area contributed by atoms with Gasteiger partial charge in [-0.05, 0) is 65.9 Å². The predicted octanol–water partition coefficient (Wildman–Crippen LogP) is 4.80. The third kappa shape index (κ3) is 5.98. The first-order valence-electron chi connectivity index (χ1n) is 10.2. The van der Waals surface area contributed by atoms with E-state index in [1.807, 2.05) is 48.7 Å². The van der Waals surface area contributed by atoms with Crippen molar-refractivity contribution in [3.8, 4) is 11.5 Å². The number of nitrogens with one attached hydrogen (secondary N) is 2. The quantitative estimate of drug-likeness (QED) is 0.459. The summed E-state index contributed by atoms with van der Waals surface area (Å²) in [7, 11) is 3.18. The van der Waals surface area contributed by atoms with E-state index in [0.717, 1.165) is 16.2 Å². The summed E-state index contributed by atoms with van der Waals surface area (Å²) in [4.78, 5) is 26.8. The van der Waals surface area contributed by atoms with Gasteiger partial charge in [0, 0.05) is 10.4 Å². The lowest BCUT2D eigenvalue weighted by Crippen LogP contribution is -2.36. The number of hydrogen-bond donors (Lipinski definition) is 2. The Bertz CT molecular complexity index is 1060. The van der Waals surface area contributed by atoms with Crippen LogP contribution in [0.4, 0.5) is 0 Å². The van der Waals surface area contributed by atoms with E-state index in [-0.39, 0.29) is 23.6 Å². The minimum atomic E-state index is -0.372. The Labute approximate surface area is 191 Å². The molecule has 0 aliphatic rings. The molecule has 166 valence electrons. The van der Waals surface area contributed by atoms with E-state index in [2.05, 4.69) is 10.6 Å². The van der Waals surface area contributed by atoms with E-state index in [0.29, 0.717) is 17.7 Å².